The number of amides is 1. The Balaban J connectivity index is 1.43. The number of benzene rings is 2. The van der Waals surface area contributed by atoms with E-state index in [1.165, 1.54) is 0 Å². The van der Waals surface area contributed by atoms with Crippen molar-refractivity contribution in [2.75, 3.05) is 11.4 Å². The highest BCUT2D eigenvalue weighted by Crippen LogP contribution is 2.60. The summed E-state index contributed by atoms with van der Waals surface area (Å²) in [7, 11) is 0. The molecule has 0 radical (unpaired) electrons. The van der Waals surface area contributed by atoms with E-state index in [2.05, 4.69) is 12.2 Å². The van der Waals surface area contributed by atoms with E-state index in [-0.39, 0.29) is 18.4 Å². The zero-order valence-electron chi connectivity index (χ0n) is 17.6. The minimum absolute atomic E-state index is 0.170. The fourth-order valence-electron chi connectivity index (χ4n) is 6.27. The van der Waals surface area contributed by atoms with E-state index in [4.69, 9.17) is 21.3 Å². The van der Waals surface area contributed by atoms with Crippen LogP contribution in [0.1, 0.15) is 36.8 Å². The number of allylic oxidation sites excluding steroid dienone is 2. The lowest BCUT2D eigenvalue weighted by molar-refractivity contribution is -0.126. The van der Waals surface area contributed by atoms with E-state index >= 15 is 0 Å². The highest BCUT2D eigenvalue weighted by molar-refractivity contribution is 6.31. The Morgan fingerprint density at radius 3 is 2.72 bits per heavy atom. The Hall–Kier alpha value is -2.92. The molecule has 162 valence electrons. The molecule has 2 aromatic carbocycles. The first-order chi connectivity index (χ1) is 15.6. The maximum atomic E-state index is 13.5. The average Bonchev–Trinajstić information content (AvgIpc) is 3.51. The van der Waals surface area contributed by atoms with Crippen LogP contribution in [-0.4, -0.2) is 30.2 Å². The molecule has 5 nitrogen and oxygen atoms in total. The topological polar surface area (TPSA) is 59.0 Å². The number of carbonyl (C=O) groups excluding carboxylic acids is 2. The lowest BCUT2D eigenvalue weighted by Gasteiger charge is -2.47. The first-order valence-corrected chi connectivity index (χ1v) is 11.5. The molecule has 4 aliphatic rings. The Morgan fingerprint density at radius 1 is 1.16 bits per heavy atom. The number of fused-ring (bicyclic) bond motifs is 2. The van der Waals surface area contributed by atoms with Gasteiger partial charge in [-0.25, -0.2) is 4.79 Å². The molecule has 0 bridgehead atoms. The second kappa shape index (κ2) is 7.04. The molecule has 2 aromatic rings. The summed E-state index contributed by atoms with van der Waals surface area (Å²) in [6.07, 6.45) is 6.22. The van der Waals surface area contributed by atoms with Gasteiger partial charge in [0.05, 0.1) is 22.6 Å². The lowest BCUT2D eigenvalue weighted by atomic mass is 9.55. The first kappa shape index (κ1) is 19.7. The fourth-order valence-corrected chi connectivity index (χ4v) is 6.44. The monoisotopic (exact) mass is 446 g/mol. The van der Waals surface area contributed by atoms with Gasteiger partial charge in [0.2, 0.25) is 0 Å². The number of halogens is 1. The summed E-state index contributed by atoms with van der Waals surface area (Å²) in [6.45, 7) is 0.838. The standard InChI is InChI=1S/C26H23ClN2O3/c27-18-8-9-19-20(14-18)29(24(31)32-16-17-6-2-1-3-7-17)21-15-22(30)25(10-4-5-11-25)23-26(19,21)12-13-28-23/h1-9,14,21H,10-13,15-16H2/t21-,26-/m0/s1. The third-order valence-corrected chi connectivity index (χ3v) is 7.88. The van der Waals surface area contributed by atoms with Crippen LogP contribution in [0.2, 0.25) is 5.02 Å². The first-order valence-electron chi connectivity index (χ1n) is 11.1. The van der Waals surface area contributed by atoms with Crippen LogP contribution in [0, 0.1) is 5.41 Å². The number of Topliss-reactive ketones (excluding diaryl/α,β-unsaturated/α-hetero) is 1. The summed E-state index contributed by atoms with van der Waals surface area (Å²) in [6, 6.07) is 15.0. The summed E-state index contributed by atoms with van der Waals surface area (Å²) >= 11 is 6.37. The molecule has 2 aliphatic carbocycles. The highest BCUT2D eigenvalue weighted by atomic mass is 35.5. The van der Waals surface area contributed by atoms with Crippen LogP contribution in [0.5, 0.6) is 0 Å². The van der Waals surface area contributed by atoms with Gasteiger partial charge in [-0.2, -0.15) is 0 Å². The fraction of sp³-hybridized carbons (Fsp3) is 0.346. The van der Waals surface area contributed by atoms with Crippen LogP contribution in [-0.2, 0) is 21.6 Å². The van der Waals surface area contributed by atoms with Crippen molar-refractivity contribution >= 4 is 34.9 Å². The summed E-state index contributed by atoms with van der Waals surface area (Å²) in [4.78, 5) is 33.6. The molecule has 2 heterocycles. The van der Waals surface area contributed by atoms with Crippen molar-refractivity contribution in [2.45, 2.75) is 43.7 Å². The van der Waals surface area contributed by atoms with E-state index in [9.17, 15) is 9.59 Å². The summed E-state index contributed by atoms with van der Waals surface area (Å²) < 4.78 is 5.74. The molecule has 0 aromatic heterocycles. The van der Waals surface area contributed by atoms with Gasteiger partial charge in [-0.1, -0.05) is 60.2 Å². The van der Waals surface area contributed by atoms with Crippen LogP contribution in [0.15, 0.2) is 65.7 Å². The molecule has 6 heteroatoms. The smallest absolute Gasteiger partial charge is 0.414 e. The molecular formula is C26H23ClN2O3. The molecular weight excluding hydrogens is 424 g/mol. The Morgan fingerprint density at radius 2 is 1.94 bits per heavy atom. The normalized spacial score (nSPS) is 26.7. The van der Waals surface area contributed by atoms with E-state index in [1.807, 2.05) is 48.5 Å². The molecule has 0 unspecified atom stereocenters. The van der Waals surface area contributed by atoms with Crippen molar-refractivity contribution in [3.8, 4) is 0 Å². The maximum Gasteiger partial charge on any atom is 0.414 e. The zero-order valence-corrected chi connectivity index (χ0v) is 18.3. The number of hydrogen-bond acceptors (Lipinski definition) is 4. The van der Waals surface area contributed by atoms with Crippen molar-refractivity contribution in [1.82, 2.24) is 0 Å². The van der Waals surface area contributed by atoms with E-state index < -0.39 is 16.9 Å². The van der Waals surface area contributed by atoms with Crippen LogP contribution < -0.4 is 4.90 Å². The van der Waals surface area contributed by atoms with E-state index in [0.717, 1.165) is 28.9 Å². The Labute approximate surface area is 191 Å². The second-order valence-corrected chi connectivity index (χ2v) is 9.56. The lowest BCUT2D eigenvalue weighted by Crippen LogP contribution is -2.62. The van der Waals surface area contributed by atoms with Gasteiger partial charge in [0.1, 0.15) is 12.4 Å². The summed E-state index contributed by atoms with van der Waals surface area (Å²) in [5, 5.41) is 0.555. The molecule has 2 aliphatic heterocycles. The number of ketones is 1. The molecule has 1 saturated carbocycles. The van der Waals surface area contributed by atoms with Crippen molar-refractivity contribution in [1.29, 1.82) is 0 Å². The molecule has 2 atom stereocenters. The largest absolute Gasteiger partial charge is 0.444 e. The third kappa shape index (κ3) is 2.54. The second-order valence-electron chi connectivity index (χ2n) is 9.13. The van der Waals surface area contributed by atoms with Gasteiger partial charge in [0.25, 0.3) is 0 Å². The van der Waals surface area contributed by atoms with Gasteiger partial charge in [-0.05, 0) is 42.5 Å². The summed E-state index contributed by atoms with van der Waals surface area (Å²) in [5.74, 6) is 0.170. The number of aliphatic imine (C=N–C) groups is 1. The molecule has 0 N–H and O–H groups in total. The zero-order chi connectivity index (χ0) is 21.9. The van der Waals surface area contributed by atoms with Crippen molar-refractivity contribution < 1.29 is 14.3 Å². The Bertz CT molecular complexity index is 1180. The van der Waals surface area contributed by atoms with Gasteiger partial charge in [0.15, 0.2) is 0 Å². The number of nitrogens with zero attached hydrogens (tertiary/aromatic N) is 2. The number of anilines is 1. The molecule has 2 spiro atoms. The Kier molecular flexibility index (Phi) is 4.34. The van der Waals surface area contributed by atoms with E-state index in [1.54, 1.807) is 4.90 Å². The van der Waals surface area contributed by atoms with E-state index in [0.29, 0.717) is 30.8 Å². The number of rotatable bonds is 2. The van der Waals surface area contributed by atoms with Gasteiger partial charge in [0, 0.05) is 23.7 Å². The molecule has 32 heavy (non-hydrogen) atoms. The maximum absolute atomic E-state index is 13.5. The minimum atomic E-state index is -0.562. The number of carbonyl (C=O) groups is 2. The molecule has 1 amide bonds. The van der Waals surface area contributed by atoms with Gasteiger partial charge in [-0.3, -0.25) is 14.7 Å². The predicted molar refractivity (Wildman–Crippen MR) is 123 cm³/mol. The molecule has 0 saturated heterocycles. The highest BCUT2D eigenvalue weighted by Gasteiger charge is 2.67. The third-order valence-electron chi connectivity index (χ3n) is 7.65. The van der Waals surface area contributed by atoms with Gasteiger partial charge < -0.3 is 4.74 Å². The summed E-state index contributed by atoms with van der Waals surface area (Å²) in [5.41, 5.74) is 2.64. The molecule has 6 rings (SSSR count). The minimum Gasteiger partial charge on any atom is -0.444 e. The van der Waals surface area contributed by atoms with Crippen molar-refractivity contribution in [3.63, 3.8) is 0 Å². The number of ether oxygens (including phenoxy) is 1. The van der Waals surface area contributed by atoms with Crippen molar-refractivity contribution in [2.24, 2.45) is 10.4 Å². The molecule has 1 fully saturated rings. The van der Waals surface area contributed by atoms with Gasteiger partial charge in [-0.15, -0.1) is 0 Å². The number of hydrogen-bond donors (Lipinski definition) is 0. The van der Waals surface area contributed by atoms with Crippen LogP contribution in [0.3, 0.4) is 0 Å². The van der Waals surface area contributed by atoms with Crippen LogP contribution in [0.25, 0.3) is 0 Å². The quantitative estimate of drug-likeness (QED) is 0.591. The van der Waals surface area contributed by atoms with Crippen LogP contribution in [0.4, 0.5) is 10.5 Å². The van der Waals surface area contributed by atoms with Crippen molar-refractivity contribution in [3.05, 3.63) is 76.8 Å². The van der Waals surface area contributed by atoms with Gasteiger partial charge >= 0.3 is 6.09 Å². The average molecular weight is 447 g/mol. The van der Waals surface area contributed by atoms with Crippen LogP contribution >= 0.6 is 11.6 Å². The predicted octanol–water partition coefficient (Wildman–Crippen LogP) is 5.26. The SMILES string of the molecule is O=C(OCc1ccccc1)N1c2cc(Cl)ccc2[C@]23CCN=C2C2(CC=CC2)C(=O)C[C@H]13.